The number of piperazine rings is 1. The predicted octanol–water partition coefficient (Wildman–Crippen LogP) is -0.0981. The third kappa shape index (κ3) is 4.54. The van der Waals surface area contributed by atoms with Crippen LogP contribution in [0.15, 0.2) is 24.3 Å². The number of ether oxygens (including phenoxy) is 1. The highest BCUT2D eigenvalue weighted by Crippen LogP contribution is 2.16. The Morgan fingerprint density at radius 3 is 2.04 bits per heavy atom. The third-order valence-electron chi connectivity index (χ3n) is 4.59. The highest BCUT2D eigenvalue weighted by molar-refractivity contribution is 7.86. The van der Waals surface area contributed by atoms with Crippen molar-refractivity contribution in [2.45, 2.75) is 6.54 Å². The number of morpholine rings is 1. The summed E-state index contributed by atoms with van der Waals surface area (Å²) in [6, 6.07) is 7.21. The Kier molecular flexibility index (Phi) is 7.39. The maximum atomic E-state index is 12.6. The Morgan fingerprint density at radius 1 is 0.962 bits per heavy atom. The normalized spacial score (nSPS) is 19.8. The molecule has 2 aliphatic heterocycles. The molecule has 10 heteroatoms. The van der Waals surface area contributed by atoms with Crippen LogP contribution in [0.3, 0.4) is 0 Å². The van der Waals surface area contributed by atoms with Gasteiger partial charge in [-0.1, -0.05) is 12.1 Å². The molecule has 2 aliphatic rings. The zero-order valence-corrected chi connectivity index (χ0v) is 16.2. The lowest BCUT2D eigenvalue weighted by Crippen LogP contribution is -2.55. The largest absolute Gasteiger partial charge is 0.379 e. The Balaban J connectivity index is 0.00000243. The Bertz CT molecular complexity index is 699. The van der Waals surface area contributed by atoms with E-state index in [1.165, 1.54) is 8.61 Å². The summed E-state index contributed by atoms with van der Waals surface area (Å²) in [5, 5.41) is 0. The smallest absolute Gasteiger partial charge is 0.282 e. The first-order valence-corrected chi connectivity index (χ1v) is 9.83. The summed E-state index contributed by atoms with van der Waals surface area (Å²) < 4.78 is 33.4. The van der Waals surface area contributed by atoms with Gasteiger partial charge in [-0.15, -0.1) is 12.4 Å². The second kappa shape index (κ2) is 9.12. The average Bonchev–Trinajstić information content (AvgIpc) is 2.68. The number of hydrogen-bond acceptors (Lipinski definition) is 5. The average molecular weight is 405 g/mol. The van der Waals surface area contributed by atoms with Gasteiger partial charge in [0.1, 0.15) is 0 Å². The van der Waals surface area contributed by atoms with Gasteiger partial charge in [0, 0.05) is 51.4 Å². The molecule has 0 bridgehead atoms. The monoisotopic (exact) mass is 404 g/mol. The van der Waals surface area contributed by atoms with Crippen LogP contribution < -0.4 is 5.73 Å². The van der Waals surface area contributed by atoms with E-state index in [0.29, 0.717) is 64.6 Å². The lowest BCUT2D eigenvalue weighted by molar-refractivity contribution is 0.0636. The number of benzene rings is 1. The van der Waals surface area contributed by atoms with Gasteiger partial charge < -0.3 is 15.4 Å². The van der Waals surface area contributed by atoms with Crippen molar-refractivity contribution in [3.05, 3.63) is 35.4 Å². The molecule has 0 saturated carbocycles. The summed E-state index contributed by atoms with van der Waals surface area (Å²) in [6.45, 7) is 3.46. The number of hydrogen-bond donors (Lipinski definition) is 1. The van der Waals surface area contributed by atoms with E-state index in [-0.39, 0.29) is 18.3 Å². The van der Waals surface area contributed by atoms with Crippen LogP contribution in [0.1, 0.15) is 15.9 Å². The molecule has 0 unspecified atom stereocenters. The molecule has 0 aromatic heterocycles. The molecule has 26 heavy (non-hydrogen) atoms. The Labute approximate surface area is 160 Å². The molecule has 0 atom stereocenters. The molecule has 0 radical (unpaired) electrons. The third-order valence-corrected chi connectivity index (χ3v) is 6.62. The van der Waals surface area contributed by atoms with Crippen LogP contribution >= 0.6 is 12.4 Å². The molecule has 2 saturated heterocycles. The minimum absolute atomic E-state index is 0. The van der Waals surface area contributed by atoms with Crippen molar-refractivity contribution >= 4 is 28.5 Å². The summed E-state index contributed by atoms with van der Waals surface area (Å²) in [5.74, 6) is -0.0769. The fourth-order valence-electron chi connectivity index (χ4n) is 3.03. The fourth-order valence-corrected chi connectivity index (χ4v) is 4.59. The lowest BCUT2D eigenvalue weighted by Gasteiger charge is -2.37. The summed E-state index contributed by atoms with van der Waals surface area (Å²) in [7, 11) is -3.47. The molecule has 1 aromatic carbocycles. The van der Waals surface area contributed by atoms with Crippen LogP contribution in [0.5, 0.6) is 0 Å². The van der Waals surface area contributed by atoms with E-state index in [4.69, 9.17) is 10.5 Å². The zero-order valence-electron chi connectivity index (χ0n) is 14.5. The van der Waals surface area contributed by atoms with Gasteiger partial charge in [-0.05, 0) is 17.7 Å². The summed E-state index contributed by atoms with van der Waals surface area (Å²) >= 11 is 0. The standard InChI is InChI=1S/C16H24N4O4S.ClH/c17-13-14-1-3-15(4-2-14)16(21)18-5-7-19(8-6-18)25(22,23)20-9-11-24-12-10-20;/h1-4H,5-13,17H2;1H. The second-order valence-corrected chi connectivity index (χ2v) is 8.04. The highest BCUT2D eigenvalue weighted by Gasteiger charge is 2.34. The minimum Gasteiger partial charge on any atom is -0.379 e. The summed E-state index contributed by atoms with van der Waals surface area (Å²) in [5.41, 5.74) is 7.14. The molecule has 2 heterocycles. The maximum absolute atomic E-state index is 12.6. The maximum Gasteiger partial charge on any atom is 0.282 e. The number of carbonyl (C=O) groups is 1. The zero-order chi connectivity index (χ0) is 17.9. The lowest BCUT2D eigenvalue weighted by atomic mass is 10.1. The van der Waals surface area contributed by atoms with E-state index in [9.17, 15) is 13.2 Å². The van der Waals surface area contributed by atoms with Gasteiger partial charge in [-0.2, -0.15) is 17.0 Å². The van der Waals surface area contributed by atoms with E-state index in [2.05, 4.69) is 0 Å². The number of amides is 1. The summed E-state index contributed by atoms with van der Waals surface area (Å²) in [6.07, 6.45) is 0. The Morgan fingerprint density at radius 2 is 1.50 bits per heavy atom. The molecule has 0 spiro atoms. The fraction of sp³-hybridized carbons (Fsp3) is 0.562. The Hall–Kier alpha value is -1.23. The van der Waals surface area contributed by atoms with Gasteiger partial charge >= 0.3 is 0 Å². The van der Waals surface area contributed by atoms with Crippen molar-refractivity contribution in [3.8, 4) is 0 Å². The van der Waals surface area contributed by atoms with E-state index in [1.54, 1.807) is 17.0 Å². The van der Waals surface area contributed by atoms with Crippen LogP contribution in [0.4, 0.5) is 0 Å². The van der Waals surface area contributed by atoms with Crippen LogP contribution in [-0.2, 0) is 21.5 Å². The van der Waals surface area contributed by atoms with Gasteiger partial charge in [0.05, 0.1) is 13.2 Å². The quantitative estimate of drug-likeness (QED) is 0.756. The van der Waals surface area contributed by atoms with Gasteiger partial charge in [-0.3, -0.25) is 4.79 Å². The van der Waals surface area contributed by atoms with Crippen molar-refractivity contribution in [2.75, 3.05) is 52.5 Å². The van der Waals surface area contributed by atoms with Gasteiger partial charge in [0.2, 0.25) is 0 Å². The van der Waals surface area contributed by atoms with E-state index < -0.39 is 10.2 Å². The molecule has 1 amide bonds. The van der Waals surface area contributed by atoms with E-state index in [1.807, 2.05) is 12.1 Å². The first-order valence-electron chi connectivity index (χ1n) is 8.43. The number of halogens is 1. The number of nitrogens with zero attached hydrogens (tertiary/aromatic N) is 3. The minimum atomic E-state index is -3.47. The van der Waals surface area contributed by atoms with Gasteiger partial charge in [0.25, 0.3) is 16.1 Å². The first kappa shape index (κ1) is 21.1. The summed E-state index contributed by atoms with van der Waals surface area (Å²) in [4.78, 5) is 14.3. The number of carbonyl (C=O) groups excluding carboxylic acids is 1. The molecule has 8 nitrogen and oxygen atoms in total. The predicted molar refractivity (Wildman–Crippen MR) is 100 cm³/mol. The van der Waals surface area contributed by atoms with Crippen molar-refractivity contribution in [2.24, 2.45) is 5.73 Å². The molecule has 0 aliphatic carbocycles. The molecule has 2 fully saturated rings. The molecule has 3 rings (SSSR count). The first-order chi connectivity index (χ1) is 12.0. The molecular formula is C16H25ClN4O4S. The topological polar surface area (TPSA) is 96.2 Å². The van der Waals surface area contributed by atoms with E-state index >= 15 is 0 Å². The van der Waals surface area contributed by atoms with Crippen molar-refractivity contribution in [3.63, 3.8) is 0 Å². The van der Waals surface area contributed by atoms with Crippen LogP contribution in [-0.4, -0.2) is 80.3 Å². The van der Waals surface area contributed by atoms with Crippen molar-refractivity contribution < 1.29 is 17.9 Å². The van der Waals surface area contributed by atoms with E-state index in [0.717, 1.165) is 5.56 Å². The van der Waals surface area contributed by atoms with Crippen LogP contribution in [0, 0.1) is 0 Å². The van der Waals surface area contributed by atoms with Crippen LogP contribution in [0.25, 0.3) is 0 Å². The van der Waals surface area contributed by atoms with Crippen LogP contribution in [0.2, 0.25) is 0 Å². The van der Waals surface area contributed by atoms with Gasteiger partial charge in [-0.25, -0.2) is 0 Å². The SMILES string of the molecule is Cl.NCc1ccc(C(=O)N2CCN(S(=O)(=O)N3CCOCC3)CC2)cc1. The van der Waals surface area contributed by atoms with Gasteiger partial charge in [0.15, 0.2) is 0 Å². The van der Waals surface area contributed by atoms with Crippen molar-refractivity contribution in [1.82, 2.24) is 13.5 Å². The molecular weight excluding hydrogens is 380 g/mol. The van der Waals surface area contributed by atoms with Crippen molar-refractivity contribution in [1.29, 1.82) is 0 Å². The number of rotatable bonds is 4. The molecule has 146 valence electrons. The molecule has 1 aromatic rings. The highest BCUT2D eigenvalue weighted by atomic mass is 35.5. The number of nitrogens with two attached hydrogens (primary N) is 1. The molecule has 2 N–H and O–H groups in total. The second-order valence-electron chi connectivity index (χ2n) is 6.11.